The third kappa shape index (κ3) is 7.21. The van der Waals surface area contributed by atoms with Crippen LogP contribution in [0.5, 0.6) is 5.75 Å². The van der Waals surface area contributed by atoms with Gasteiger partial charge in [0.25, 0.3) is 10.0 Å². The van der Waals surface area contributed by atoms with Crippen LogP contribution in [0.2, 0.25) is 0 Å². The topological polar surface area (TPSA) is 96.0 Å². The number of carbonyl (C=O) groups excluding carboxylic acids is 2. The smallest absolute Gasteiger partial charge is 0.264 e. The van der Waals surface area contributed by atoms with Crippen LogP contribution in [0.25, 0.3) is 0 Å². The summed E-state index contributed by atoms with van der Waals surface area (Å²) >= 11 is 0. The summed E-state index contributed by atoms with van der Waals surface area (Å²) in [5.41, 5.74) is 3.96. The van der Waals surface area contributed by atoms with Crippen LogP contribution in [-0.2, 0) is 26.2 Å². The second-order valence-electron chi connectivity index (χ2n) is 9.79. The molecule has 9 heteroatoms. The Morgan fingerprint density at radius 1 is 0.925 bits per heavy atom. The molecule has 0 bridgehead atoms. The van der Waals surface area contributed by atoms with Crippen LogP contribution in [0, 0.1) is 20.8 Å². The standard InChI is InChI=1S/C31H39N3O5S/c1-7-29(31(36)32-8-2)33(20-25-10-9-11-27(19-25)39-6)30(35)21-34(26-15-14-23(4)24(5)18-26)40(37,38)28-16-12-22(3)13-17-28/h9-19,29H,7-8,20-21H2,1-6H3,(H,32,36)/t29-/m0/s1. The number of rotatable bonds is 12. The maximum atomic E-state index is 14.1. The normalized spacial score (nSPS) is 11.9. The summed E-state index contributed by atoms with van der Waals surface area (Å²) in [6.45, 7) is 9.41. The minimum absolute atomic E-state index is 0.0826. The van der Waals surface area contributed by atoms with Crippen molar-refractivity contribution < 1.29 is 22.7 Å². The van der Waals surface area contributed by atoms with E-state index in [4.69, 9.17) is 4.74 Å². The highest BCUT2D eigenvalue weighted by molar-refractivity contribution is 7.92. The van der Waals surface area contributed by atoms with Gasteiger partial charge < -0.3 is 15.0 Å². The number of likely N-dealkylation sites (N-methyl/N-ethyl adjacent to an activating group) is 1. The minimum Gasteiger partial charge on any atom is -0.497 e. The Morgan fingerprint density at radius 3 is 2.23 bits per heavy atom. The third-order valence-corrected chi connectivity index (χ3v) is 8.68. The quantitative estimate of drug-likeness (QED) is 0.342. The largest absolute Gasteiger partial charge is 0.497 e. The molecule has 1 atom stereocenters. The minimum atomic E-state index is -4.11. The number of benzene rings is 3. The van der Waals surface area contributed by atoms with Gasteiger partial charge in [-0.15, -0.1) is 0 Å². The second kappa shape index (κ2) is 13.5. The van der Waals surface area contributed by atoms with Gasteiger partial charge in [0.1, 0.15) is 18.3 Å². The van der Waals surface area contributed by atoms with E-state index in [9.17, 15) is 18.0 Å². The molecular weight excluding hydrogens is 526 g/mol. The number of anilines is 1. The van der Waals surface area contributed by atoms with Crippen molar-refractivity contribution in [1.29, 1.82) is 0 Å². The van der Waals surface area contributed by atoms with Crippen molar-refractivity contribution in [2.75, 3.05) is 24.5 Å². The number of nitrogens with one attached hydrogen (secondary N) is 1. The predicted molar refractivity (Wildman–Crippen MR) is 158 cm³/mol. The fourth-order valence-electron chi connectivity index (χ4n) is 4.43. The van der Waals surface area contributed by atoms with Gasteiger partial charge in [-0.3, -0.25) is 13.9 Å². The first kappa shape index (κ1) is 30.7. The van der Waals surface area contributed by atoms with E-state index in [0.717, 1.165) is 26.6 Å². The summed E-state index contributed by atoms with van der Waals surface area (Å²) < 4.78 is 34.4. The molecule has 2 amide bonds. The molecule has 0 aromatic heterocycles. The Labute approximate surface area is 238 Å². The lowest BCUT2D eigenvalue weighted by Gasteiger charge is -2.33. The molecule has 0 aliphatic heterocycles. The zero-order valence-corrected chi connectivity index (χ0v) is 24.9. The SMILES string of the molecule is CCNC(=O)[C@H](CC)N(Cc1cccc(OC)c1)C(=O)CN(c1ccc(C)c(C)c1)S(=O)(=O)c1ccc(C)cc1. The number of hydrogen-bond acceptors (Lipinski definition) is 5. The van der Waals surface area contributed by atoms with Gasteiger partial charge in [-0.2, -0.15) is 0 Å². The highest BCUT2D eigenvalue weighted by atomic mass is 32.2. The molecule has 0 fully saturated rings. The van der Waals surface area contributed by atoms with Gasteiger partial charge in [-0.1, -0.05) is 42.8 Å². The zero-order chi connectivity index (χ0) is 29.4. The predicted octanol–water partition coefficient (Wildman–Crippen LogP) is 4.76. The molecule has 0 aliphatic rings. The summed E-state index contributed by atoms with van der Waals surface area (Å²) in [6, 6.07) is 18.3. The van der Waals surface area contributed by atoms with Gasteiger partial charge in [0.2, 0.25) is 11.8 Å². The molecule has 0 radical (unpaired) electrons. The van der Waals surface area contributed by atoms with E-state index in [-0.39, 0.29) is 17.3 Å². The number of nitrogens with zero attached hydrogens (tertiary/aromatic N) is 2. The molecule has 0 spiro atoms. The fraction of sp³-hybridized carbons (Fsp3) is 0.355. The van der Waals surface area contributed by atoms with Crippen molar-refractivity contribution in [3.05, 3.63) is 89.0 Å². The van der Waals surface area contributed by atoms with Gasteiger partial charge >= 0.3 is 0 Å². The van der Waals surface area contributed by atoms with Gasteiger partial charge in [0.05, 0.1) is 17.7 Å². The van der Waals surface area contributed by atoms with E-state index < -0.39 is 28.5 Å². The summed E-state index contributed by atoms with van der Waals surface area (Å²) in [5.74, 6) is -0.162. The van der Waals surface area contributed by atoms with Crippen molar-refractivity contribution in [1.82, 2.24) is 10.2 Å². The van der Waals surface area contributed by atoms with E-state index in [1.165, 1.54) is 4.90 Å². The monoisotopic (exact) mass is 565 g/mol. The van der Waals surface area contributed by atoms with E-state index >= 15 is 0 Å². The number of ether oxygens (including phenoxy) is 1. The van der Waals surface area contributed by atoms with Crippen LogP contribution in [0.1, 0.15) is 42.5 Å². The van der Waals surface area contributed by atoms with Crippen LogP contribution in [0.4, 0.5) is 5.69 Å². The van der Waals surface area contributed by atoms with E-state index in [1.54, 1.807) is 55.6 Å². The lowest BCUT2D eigenvalue weighted by molar-refractivity contribution is -0.140. The number of amides is 2. The third-order valence-electron chi connectivity index (χ3n) is 6.89. The maximum absolute atomic E-state index is 14.1. The highest BCUT2D eigenvalue weighted by Crippen LogP contribution is 2.27. The molecule has 3 aromatic carbocycles. The average molecular weight is 566 g/mol. The molecule has 8 nitrogen and oxygen atoms in total. The molecule has 0 saturated carbocycles. The zero-order valence-electron chi connectivity index (χ0n) is 24.1. The van der Waals surface area contributed by atoms with Crippen molar-refractivity contribution in [2.45, 2.75) is 58.5 Å². The van der Waals surface area contributed by atoms with Crippen LogP contribution in [0.15, 0.2) is 71.6 Å². The average Bonchev–Trinajstić information content (AvgIpc) is 2.93. The van der Waals surface area contributed by atoms with E-state index in [2.05, 4.69) is 5.32 Å². The second-order valence-corrected chi connectivity index (χ2v) is 11.6. The first-order chi connectivity index (χ1) is 19.0. The molecule has 3 aromatic rings. The molecule has 3 rings (SSSR count). The fourth-order valence-corrected chi connectivity index (χ4v) is 5.83. The van der Waals surface area contributed by atoms with Crippen LogP contribution in [-0.4, -0.2) is 51.4 Å². The highest BCUT2D eigenvalue weighted by Gasteiger charge is 2.33. The molecule has 0 saturated heterocycles. The summed E-state index contributed by atoms with van der Waals surface area (Å²) in [6.07, 6.45) is 0.357. The van der Waals surface area contributed by atoms with E-state index in [1.807, 2.05) is 52.8 Å². The Morgan fingerprint density at radius 2 is 1.62 bits per heavy atom. The van der Waals surface area contributed by atoms with Gasteiger partial charge in [0.15, 0.2) is 0 Å². The molecule has 1 N–H and O–H groups in total. The molecular formula is C31H39N3O5S. The van der Waals surface area contributed by atoms with Crippen LogP contribution in [0.3, 0.4) is 0 Å². The molecule has 0 heterocycles. The van der Waals surface area contributed by atoms with Crippen molar-refractivity contribution in [3.8, 4) is 5.75 Å². The number of hydrogen-bond donors (Lipinski definition) is 1. The Bertz CT molecular complexity index is 1440. The number of aryl methyl sites for hydroxylation is 3. The van der Waals surface area contributed by atoms with Crippen molar-refractivity contribution in [3.63, 3.8) is 0 Å². The van der Waals surface area contributed by atoms with Crippen LogP contribution < -0.4 is 14.4 Å². The van der Waals surface area contributed by atoms with Crippen molar-refractivity contribution >= 4 is 27.5 Å². The Kier molecular flexibility index (Phi) is 10.3. The summed E-state index contributed by atoms with van der Waals surface area (Å²) in [5, 5.41) is 2.81. The Hall–Kier alpha value is -3.85. The first-order valence-electron chi connectivity index (χ1n) is 13.4. The maximum Gasteiger partial charge on any atom is 0.264 e. The number of carbonyl (C=O) groups is 2. The van der Waals surface area contributed by atoms with Crippen molar-refractivity contribution in [2.24, 2.45) is 0 Å². The molecule has 214 valence electrons. The van der Waals surface area contributed by atoms with Crippen LogP contribution >= 0.6 is 0 Å². The lowest BCUT2D eigenvalue weighted by atomic mass is 10.1. The summed E-state index contributed by atoms with van der Waals surface area (Å²) in [4.78, 5) is 28.7. The molecule has 40 heavy (non-hydrogen) atoms. The van der Waals surface area contributed by atoms with E-state index in [0.29, 0.717) is 24.4 Å². The number of sulfonamides is 1. The Balaban J connectivity index is 2.09. The van der Waals surface area contributed by atoms with Gasteiger partial charge in [-0.25, -0.2) is 8.42 Å². The summed E-state index contributed by atoms with van der Waals surface area (Å²) in [7, 11) is -2.55. The number of methoxy groups -OCH3 is 1. The molecule has 0 unspecified atom stereocenters. The van der Waals surface area contributed by atoms with Gasteiger partial charge in [-0.05, 0) is 87.2 Å². The first-order valence-corrected chi connectivity index (χ1v) is 14.8. The molecule has 0 aliphatic carbocycles. The van der Waals surface area contributed by atoms with Gasteiger partial charge in [0, 0.05) is 13.1 Å². The lowest BCUT2D eigenvalue weighted by Crippen LogP contribution is -2.52.